The second kappa shape index (κ2) is 7.75. The number of anilines is 1. The largest absolute Gasteiger partial charge is 0.309 e. The van der Waals surface area contributed by atoms with Crippen molar-refractivity contribution in [1.82, 2.24) is 4.98 Å². The lowest BCUT2D eigenvalue weighted by molar-refractivity contribution is -0.115. The first-order valence-electron chi connectivity index (χ1n) is 7.96. The van der Waals surface area contributed by atoms with E-state index in [9.17, 15) is 13.6 Å². The molecule has 1 saturated carbocycles. The molecule has 6 heteroatoms. The van der Waals surface area contributed by atoms with Gasteiger partial charge in [0.1, 0.15) is 11.1 Å². The number of nitrogens with one attached hydrogen (secondary N) is 1. The van der Waals surface area contributed by atoms with E-state index in [0.29, 0.717) is 16.6 Å². The third kappa shape index (κ3) is 4.12. The molecule has 126 valence electrons. The van der Waals surface area contributed by atoms with E-state index in [1.54, 1.807) is 24.4 Å². The van der Waals surface area contributed by atoms with Crippen molar-refractivity contribution in [2.45, 2.75) is 36.2 Å². The molecule has 0 aliphatic heterocycles. The Morgan fingerprint density at radius 1 is 1.17 bits per heavy atom. The molecule has 0 saturated heterocycles. The number of hydrogen-bond donors (Lipinski definition) is 1. The summed E-state index contributed by atoms with van der Waals surface area (Å²) >= 11 is 1.52. The average Bonchev–Trinajstić information content (AvgIpc) is 3.09. The number of nitrogens with zero attached hydrogens (tertiary/aromatic N) is 1. The highest BCUT2D eigenvalue weighted by atomic mass is 32.2. The fraction of sp³-hybridized carbons (Fsp3) is 0.333. The van der Waals surface area contributed by atoms with Gasteiger partial charge in [0.05, 0.1) is 0 Å². The molecular weight excluding hydrogens is 330 g/mol. The Morgan fingerprint density at radius 3 is 2.62 bits per heavy atom. The Morgan fingerprint density at radius 2 is 1.96 bits per heavy atom. The minimum absolute atomic E-state index is 0.267. The lowest BCUT2D eigenvalue weighted by Crippen LogP contribution is -2.21. The van der Waals surface area contributed by atoms with E-state index in [2.05, 4.69) is 10.3 Å². The first kappa shape index (κ1) is 16.9. The van der Waals surface area contributed by atoms with Crippen molar-refractivity contribution >= 4 is 23.5 Å². The van der Waals surface area contributed by atoms with Gasteiger partial charge in [-0.15, -0.1) is 11.8 Å². The SMILES string of the molecule is O=C(Nc1ccccn1)C(SC1CCCC1)c1ccc(F)c(F)c1. The van der Waals surface area contributed by atoms with Crippen LogP contribution in [0.15, 0.2) is 42.6 Å². The van der Waals surface area contributed by atoms with E-state index in [1.165, 1.54) is 17.8 Å². The fourth-order valence-corrected chi connectivity index (χ4v) is 4.29. The van der Waals surface area contributed by atoms with Crippen LogP contribution in [-0.4, -0.2) is 16.1 Å². The van der Waals surface area contributed by atoms with Gasteiger partial charge >= 0.3 is 0 Å². The molecular formula is C18H18F2N2OS. The molecule has 0 spiro atoms. The van der Waals surface area contributed by atoms with Crippen LogP contribution >= 0.6 is 11.8 Å². The van der Waals surface area contributed by atoms with Crippen LogP contribution in [0.4, 0.5) is 14.6 Å². The van der Waals surface area contributed by atoms with E-state index < -0.39 is 16.9 Å². The highest BCUT2D eigenvalue weighted by Gasteiger charge is 2.28. The Kier molecular flexibility index (Phi) is 5.45. The number of aromatic nitrogens is 1. The van der Waals surface area contributed by atoms with Gasteiger partial charge in [-0.1, -0.05) is 25.0 Å². The maximum Gasteiger partial charge on any atom is 0.243 e. The number of carbonyl (C=O) groups excluding carboxylic acids is 1. The Hall–Kier alpha value is -1.95. The molecule has 0 bridgehead atoms. The maximum absolute atomic E-state index is 13.6. The first-order chi connectivity index (χ1) is 11.6. The third-order valence-corrected chi connectivity index (χ3v) is 5.65. The molecule has 3 nitrogen and oxygen atoms in total. The van der Waals surface area contributed by atoms with Gasteiger partial charge in [0.25, 0.3) is 0 Å². The lowest BCUT2D eigenvalue weighted by atomic mass is 10.1. The molecule has 1 amide bonds. The highest BCUT2D eigenvalue weighted by molar-refractivity contribution is 8.00. The molecule has 1 unspecified atom stereocenters. The summed E-state index contributed by atoms with van der Waals surface area (Å²) in [5, 5.41) is 2.53. The van der Waals surface area contributed by atoms with Crippen molar-refractivity contribution in [3.8, 4) is 0 Å². The van der Waals surface area contributed by atoms with Gasteiger partial charge in [-0.25, -0.2) is 13.8 Å². The number of halogens is 2. The quantitative estimate of drug-likeness (QED) is 0.850. The number of thioether (sulfide) groups is 1. The number of hydrogen-bond acceptors (Lipinski definition) is 3. The van der Waals surface area contributed by atoms with Crippen LogP contribution in [0.1, 0.15) is 36.5 Å². The second-order valence-electron chi connectivity index (χ2n) is 5.80. The Balaban J connectivity index is 1.82. The summed E-state index contributed by atoms with van der Waals surface area (Å²) in [6.45, 7) is 0. The standard InChI is InChI=1S/C18H18F2N2OS/c19-14-9-8-12(11-15(14)20)17(24-13-5-1-2-6-13)18(23)22-16-7-3-4-10-21-16/h3-4,7-11,13,17H,1-2,5-6H2,(H,21,22,23). The normalized spacial score (nSPS) is 16.1. The van der Waals surface area contributed by atoms with E-state index in [1.807, 2.05) is 0 Å². The predicted molar refractivity (Wildman–Crippen MR) is 91.8 cm³/mol. The Bertz CT molecular complexity index is 705. The number of benzene rings is 1. The number of carbonyl (C=O) groups is 1. The van der Waals surface area contributed by atoms with Crippen molar-refractivity contribution in [3.05, 3.63) is 59.8 Å². The monoisotopic (exact) mass is 348 g/mol. The summed E-state index contributed by atoms with van der Waals surface area (Å²) in [5.74, 6) is -1.66. The molecule has 1 fully saturated rings. The number of rotatable bonds is 5. The molecule has 1 aliphatic carbocycles. The van der Waals surface area contributed by atoms with Crippen LogP contribution in [0.2, 0.25) is 0 Å². The summed E-state index contributed by atoms with van der Waals surface area (Å²) in [7, 11) is 0. The van der Waals surface area contributed by atoms with Crippen molar-refractivity contribution in [2.24, 2.45) is 0 Å². The minimum atomic E-state index is -0.935. The zero-order valence-corrected chi connectivity index (χ0v) is 13.9. The second-order valence-corrected chi connectivity index (χ2v) is 7.21. The van der Waals surface area contributed by atoms with Crippen molar-refractivity contribution in [2.75, 3.05) is 5.32 Å². The van der Waals surface area contributed by atoms with Crippen LogP contribution in [0, 0.1) is 11.6 Å². The van der Waals surface area contributed by atoms with Crippen LogP contribution in [0.25, 0.3) is 0 Å². The first-order valence-corrected chi connectivity index (χ1v) is 8.90. The molecule has 3 rings (SSSR count). The fourth-order valence-electron chi connectivity index (χ4n) is 2.81. The van der Waals surface area contributed by atoms with Gasteiger partial charge in [-0.2, -0.15) is 0 Å². The van der Waals surface area contributed by atoms with Gasteiger partial charge in [0.15, 0.2) is 11.6 Å². The molecule has 1 heterocycles. The lowest BCUT2D eigenvalue weighted by Gasteiger charge is -2.20. The van der Waals surface area contributed by atoms with Gasteiger partial charge < -0.3 is 5.32 Å². The molecule has 1 aromatic heterocycles. The number of pyridine rings is 1. The maximum atomic E-state index is 13.6. The smallest absolute Gasteiger partial charge is 0.243 e. The van der Waals surface area contributed by atoms with Crippen LogP contribution in [-0.2, 0) is 4.79 Å². The van der Waals surface area contributed by atoms with Gasteiger partial charge in [0.2, 0.25) is 5.91 Å². The van der Waals surface area contributed by atoms with Gasteiger partial charge in [0, 0.05) is 11.4 Å². The number of amides is 1. The minimum Gasteiger partial charge on any atom is -0.309 e. The Labute approximate surface area is 143 Å². The molecule has 1 aromatic carbocycles. The van der Waals surface area contributed by atoms with E-state index in [4.69, 9.17) is 0 Å². The third-order valence-electron chi connectivity index (χ3n) is 4.03. The molecule has 1 atom stereocenters. The van der Waals surface area contributed by atoms with Crippen LogP contribution in [0.5, 0.6) is 0 Å². The van der Waals surface area contributed by atoms with Crippen LogP contribution in [0.3, 0.4) is 0 Å². The topological polar surface area (TPSA) is 42.0 Å². The average molecular weight is 348 g/mol. The molecule has 2 aromatic rings. The van der Waals surface area contributed by atoms with E-state index >= 15 is 0 Å². The van der Waals surface area contributed by atoms with Gasteiger partial charge in [-0.05, 0) is 42.7 Å². The predicted octanol–water partition coefficient (Wildman–Crippen LogP) is 4.72. The zero-order valence-electron chi connectivity index (χ0n) is 13.0. The van der Waals surface area contributed by atoms with E-state index in [-0.39, 0.29) is 5.91 Å². The molecule has 24 heavy (non-hydrogen) atoms. The van der Waals surface area contributed by atoms with Crippen molar-refractivity contribution < 1.29 is 13.6 Å². The summed E-state index contributed by atoms with van der Waals surface area (Å²) < 4.78 is 26.8. The summed E-state index contributed by atoms with van der Waals surface area (Å²) in [5.41, 5.74) is 0.472. The van der Waals surface area contributed by atoms with Crippen molar-refractivity contribution in [1.29, 1.82) is 0 Å². The summed E-state index contributed by atoms with van der Waals surface area (Å²) in [6, 6.07) is 8.89. The highest BCUT2D eigenvalue weighted by Crippen LogP contribution is 2.40. The van der Waals surface area contributed by atoms with Crippen molar-refractivity contribution in [3.63, 3.8) is 0 Å². The molecule has 0 radical (unpaired) electrons. The summed E-state index contributed by atoms with van der Waals surface area (Å²) in [6.07, 6.45) is 5.96. The van der Waals surface area contributed by atoms with Gasteiger partial charge in [-0.3, -0.25) is 4.79 Å². The van der Waals surface area contributed by atoms with Crippen LogP contribution < -0.4 is 5.32 Å². The zero-order chi connectivity index (χ0) is 16.9. The molecule has 1 aliphatic rings. The molecule has 1 N–H and O–H groups in total. The summed E-state index contributed by atoms with van der Waals surface area (Å²) in [4.78, 5) is 16.8. The van der Waals surface area contributed by atoms with E-state index in [0.717, 1.165) is 37.8 Å².